The minimum atomic E-state index is -3.52. The van der Waals surface area contributed by atoms with Gasteiger partial charge in [0.1, 0.15) is 0 Å². The maximum atomic E-state index is 12.8. The van der Waals surface area contributed by atoms with Crippen molar-refractivity contribution in [1.82, 2.24) is 19.9 Å². The second kappa shape index (κ2) is 8.60. The number of nitrogens with one attached hydrogen (secondary N) is 2. The van der Waals surface area contributed by atoms with Gasteiger partial charge in [-0.1, -0.05) is 12.1 Å². The van der Waals surface area contributed by atoms with E-state index in [1.165, 1.54) is 4.31 Å². The average molecular weight is 388 g/mol. The van der Waals surface area contributed by atoms with Crippen LogP contribution < -0.4 is 10.6 Å². The summed E-state index contributed by atoms with van der Waals surface area (Å²) >= 11 is 0. The first-order valence-electron chi connectivity index (χ1n) is 8.94. The Bertz CT molecular complexity index is 864. The van der Waals surface area contributed by atoms with E-state index in [1.54, 1.807) is 55.8 Å². The van der Waals surface area contributed by atoms with Gasteiger partial charge in [0.2, 0.25) is 10.0 Å². The Morgan fingerprint density at radius 2 is 1.78 bits per heavy atom. The fraction of sp³-hybridized carbons (Fsp3) is 0.368. The third kappa shape index (κ3) is 4.71. The Hall–Kier alpha value is -2.29. The molecule has 2 N–H and O–H groups in total. The number of carbonyl (C=O) groups excluding carboxylic acids is 1. The Labute approximate surface area is 159 Å². The zero-order valence-corrected chi connectivity index (χ0v) is 16.1. The third-order valence-electron chi connectivity index (χ3n) is 4.82. The van der Waals surface area contributed by atoms with Gasteiger partial charge in [-0.15, -0.1) is 0 Å². The normalized spacial score (nSPS) is 15.6. The second-order valence-electron chi connectivity index (χ2n) is 6.56. The SMILES string of the molecule is CN(C1CCNCC1)S(=O)(=O)c1ccc(CNC(=O)c2ccncc2)cc1. The van der Waals surface area contributed by atoms with Gasteiger partial charge in [0.05, 0.1) is 4.90 Å². The van der Waals surface area contributed by atoms with E-state index in [9.17, 15) is 13.2 Å². The molecular weight excluding hydrogens is 364 g/mol. The molecule has 1 saturated heterocycles. The van der Waals surface area contributed by atoms with Crippen LogP contribution in [0.15, 0.2) is 53.7 Å². The summed E-state index contributed by atoms with van der Waals surface area (Å²) in [6, 6.07) is 9.97. The lowest BCUT2D eigenvalue weighted by molar-refractivity contribution is 0.0950. The molecule has 2 heterocycles. The van der Waals surface area contributed by atoms with Crippen molar-refractivity contribution < 1.29 is 13.2 Å². The summed E-state index contributed by atoms with van der Waals surface area (Å²) in [6.07, 6.45) is 4.75. The van der Waals surface area contributed by atoms with Crippen LogP contribution >= 0.6 is 0 Å². The van der Waals surface area contributed by atoms with Gasteiger partial charge in [-0.05, 0) is 55.8 Å². The lowest BCUT2D eigenvalue weighted by atomic mass is 10.1. The van der Waals surface area contributed by atoms with Crippen molar-refractivity contribution in [2.75, 3.05) is 20.1 Å². The van der Waals surface area contributed by atoms with Crippen LogP contribution in [0.5, 0.6) is 0 Å². The molecule has 0 spiro atoms. The molecule has 0 aliphatic carbocycles. The Morgan fingerprint density at radius 1 is 1.15 bits per heavy atom. The number of benzene rings is 1. The fourth-order valence-electron chi connectivity index (χ4n) is 3.10. The van der Waals surface area contributed by atoms with Crippen molar-refractivity contribution >= 4 is 15.9 Å². The Balaban J connectivity index is 1.63. The van der Waals surface area contributed by atoms with Crippen LogP contribution in [0.1, 0.15) is 28.8 Å². The van der Waals surface area contributed by atoms with E-state index < -0.39 is 10.0 Å². The van der Waals surface area contributed by atoms with Gasteiger partial charge in [-0.2, -0.15) is 4.31 Å². The maximum absolute atomic E-state index is 12.8. The molecule has 1 fully saturated rings. The lowest BCUT2D eigenvalue weighted by Gasteiger charge is -2.30. The van der Waals surface area contributed by atoms with E-state index in [0.29, 0.717) is 12.1 Å². The summed E-state index contributed by atoms with van der Waals surface area (Å²) in [4.78, 5) is 16.2. The lowest BCUT2D eigenvalue weighted by Crippen LogP contribution is -2.43. The van der Waals surface area contributed by atoms with E-state index >= 15 is 0 Å². The van der Waals surface area contributed by atoms with Gasteiger partial charge in [0.15, 0.2) is 0 Å². The molecule has 1 aliphatic rings. The van der Waals surface area contributed by atoms with Crippen molar-refractivity contribution in [2.24, 2.45) is 0 Å². The number of sulfonamides is 1. The van der Waals surface area contributed by atoms with Crippen molar-refractivity contribution in [3.8, 4) is 0 Å². The van der Waals surface area contributed by atoms with Gasteiger partial charge < -0.3 is 10.6 Å². The van der Waals surface area contributed by atoms with E-state index in [0.717, 1.165) is 31.5 Å². The number of pyridine rings is 1. The summed E-state index contributed by atoms with van der Waals surface area (Å²) in [5, 5.41) is 6.06. The summed E-state index contributed by atoms with van der Waals surface area (Å²) in [5.41, 5.74) is 1.37. The highest BCUT2D eigenvalue weighted by Crippen LogP contribution is 2.21. The van der Waals surface area contributed by atoms with Crippen LogP contribution in [0.4, 0.5) is 0 Å². The minimum absolute atomic E-state index is 0.0237. The largest absolute Gasteiger partial charge is 0.348 e. The standard InChI is InChI=1S/C19H24N4O3S/c1-23(17-8-12-21-13-9-17)27(25,26)18-4-2-15(3-5-18)14-22-19(24)16-6-10-20-11-7-16/h2-7,10-11,17,21H,8-9,12-14H2,1H3,(H,22,24). The molecule has 0 radical (unpaired) electrons. The van der Waals surface area contributed by atoms with Crippen LogP contribution in [0.25, 0.3) is 0 Å². The topological polar surface area (TPSA) is 91.4 Å². The highest BCUT2D eigenvalue weighted by molar-refractivity contribution is 7.89. The zero-order chi connectivity index (χ0) is 19.3. The van der Waals surface area contributed by atoms with Crippen LogP contribution in [0.2, 0.25) is 0 Å². The highest BCUT2D eigenvalue weighted by atomic mass is 32.2. The van der Waals surface area contributed by atoms with E-state index in [1.807, 2.05) is 0 Å². The maximum Gasteiger partial charge on any atom is 0.251 e. The van der Waals surface area contributed by atoms with Gasteiger partial charge in [-0.3, -0.25) is 9.78 Å². The van der Waals surface area contributed by atoms with Crippen LogP contribution in [-0.4, -0.2) is 49.8 Å². The summed E-state index contributed by atoms with van der Waals surface area (Å²) in [5.74, 6) is -0.195. The third-order valence-corrected chi connectivity index (χ3v) is 6.74. The quantitative estimate of drug-likeness (QED) is 0.780. The summed E-state index contributed by atoms with van der Waals surface area (Å²) < 4.78 is 27.1. The van der Waals surface area contributed by atoms with Gasteiger partial charge in [-0.25, -0.2) is 8.42 Å². The number of rotatable bonds is 6. The Morgan fingerprint density at radius 3 is 2.41 bits per heavy atom. The molecule has 1 amide bonds. The molecule has 2 aromatic rings. The van der Waals surface area contributed by atoms with Crippen molar-refractivity contribution in [1.29, 1.82) is 0 Å². The Kier molecular flexibility index (Phi) is 6.20. The molecule has 7 nitrogen and oxygen atoms in total. The first-order chi connectivity index (χ1) is 13.0. The van der Waals surface area contributed by atoms with Gasteiger partial charge in [0, 0.05) is 37.6 Å². The van der Waals surface area contributed by atoms with Crippen molar-refractivity contribution in [2.45, 2.75) is 30.3 Å². The number of hydrogen-bond donors (Lipinski definition) is 2. The molecule has 144 valence electrons. The number of aromatic nitrogens is 1. The van der Waals surface area contributed by atoms with Gasteiger partial charge in [0.25, 0.3) is 5.91 Å². The molecule has 3 rings (SSSR count). The molecule has 1 aliphatic heterocycles. The van der Waals surface area contributed by atoms with Crippen LogP contribution in [0.3, 0.4) is 0 Å². The smallest absolute Gasteiger partial charge is 0.251 e. The van der Waals surface area contributed by atoms with Gasteiger partial charge >= 0.3 is 0 Å². The molecule has 1 aromatic heterocycles. The van der Waals surface area contributed by atoms with Crippen molar-refractivity contribution in [3.05, 3.63) is 59.9 Å². The molecule has 0 bridgehead atoms. The van der Waals surface area contributed by atoms with Crippen LogP contribution in [0, 0.1) is 0 Å². The number of hydrogen-bond acceptors (Lipinski definition) is 5. The second-order valence-corrected chi connectivity index (χ2v) is 8.56. The van der Waals surface area contributed by atoms with E-state index in [4.69, 9.17) is 0 Å². The summed E-state index contributed by atoms with van der Waals surface area (Å²) in [6.45, 7) is 1.99. The molecule has 0 saturated carbocycles. The number of nitrogens with zero attached hydrogens (tertiary/aromatic N) is 2. The average Bonchev–Trinajstić information content (AvgIpc) is 2.73. The van der Waals surface area contributed by atoms with Crippen LogP contribution in [-0.2, 0) is 16.6 Å². The predicted molar refractivity (Wildman–Crippen MR) is 103 cm³/mol. The summed E-state index contributed by atoms with van der Waals surface area (Å²) in [7, 11) is -1.87. The fourth-order valence-corrected chi connectivity index (χ4v) is 4.52. The predicted octanol–water partition coefficient (Wildman–Crippen LogP) is 1.38. The molecule has 27 heavy (non-hydrogen) atoms. The molecule has 8 heteroatoms. The van der Waals surface area contributed by atoms with Crippen molar-refractivity contribution in [3.63, 3.8) is 0 Å². The molecule has 1 aromatic carbocycles. The first kappa shape index (κ1) is 19.5. The highest BCUT2D eigenvalue weighted by Gasteiger charge is 2.28. The van der Waals surface area contributed by atoms with E-state index in [-0.39, 0.29) is 16.8 Å². The molecular formula is C19H24N4O3S. The number of piperidine rings is 1. The molecule has 0 unspecified atom stereocenters. The number of carbonyl (C=O) groups is 1. The van der Waals surface area contributed by atoms with E-state index in [2.05, 4.69) is 15.6 Å². The number of amides is 1. The monoisotopic (exact) mass is 388 g/mol. The zero-order valence-electron chi connectivity index (χ0n) is 15.3. The molecule has 0 atom stereocenters. The minimum Gasteiger partial charge on any atom is -0.348 e. The first-order valence-corrected chi connectivity index (χ1v) is 10.4.